The lowest BCUT2D eigenvalue weighted by atomic mass is 9.82. The first-order valence-electron chi connectivity index (χ1n) is 13.1. The van der Waals surface area contributed by atoms with Gasteiger partial charge >= 0.3 is 5.97 Å². The minimum atomic E-state index is -0.500. The van der Waals surface area contributed by atoms with E-state index in [9.17, 15) is 9.59 Å². The summed E-state index contributed by atoms with van der Waals surface area (Å²) in [5.74, 6) is 0.465. The average molecular weight is 504 g/mol. The topological polar surface area (TPSA) is 83.3 Å². The smallest absolute Gasteiger partial charge is 0.332 e. The summed E-state index contributed by atoms with van der Waals surface area (Å²) in [6, 6.07) is 13.7. The number of esters is 1. The lowest BCUT2D eigenvalue weighted by Gasteiger charge is -2.28. The number of pyridine rings is 1. The average Bonchev–Trinajstić information content (AvgIpc) is 2.85. The zero-order valence-electron chi connectivity index (χ0n) is 22.3. The molecule has 7 heteroatoms. The minimum Gasteiger partial charge on any atom is -0.458 e. The van der Waals surface area contributed by atoms with Crippen LogP contribution in [0, 0.1) is 18.8 Å². The van der Waals surface area contributed by atoms with Crippen LogP contribution >= 0.6 is 0 Å². The molecule has 4 rings (SSSR count). The van der Waals surface area contributed by atoms with Gasteiger partial charge in [0.15, 0.2) is 0 Å². The second-order valence-corrected chi connectivity index (χ2v) is 11.0. The Hall–Kier alpha value is -3.32. The molecule has 2 aromatic heterocycles. The number of carbonyl (C=O) groups excluding carboxylic acids is 1. The van der Waals surface area contributed by atoms with Crippen LogP contribution in [0.1, 0.15) is 52.0 Å². The van der Waals surface area contributed by atoms with Crippen molar-refractivity contribution in [2.24, 2.45) is 11.8 Å². The van der Waals surface area contributed by atoms with Crippen LogP contribution in [-0.2, 0) is 20.8 Å². The predicted octanol–water partition coefficient (Wildman–Crippen LogP) is 5.45. The molecule has 37 heavy (non-hydrogen) atoms. The van der Waals surface area contributed by atoms with Gasteiger partial charge in [0.2, 0.25) is 0 Å². The van der Waals surface area contributed by atoms with Gasteiger partial charge in [-0.15, -0.1) is 0 Å². The fourth-order valence-electron chi connectivity index (χ4n) is 4.86. The van der Waals surface area contributed by atoms with Gasteiger partial charge in [-0.25, -0.2) is 9.48 Å². The van der Waals surface area contributed by atoms with Crippen molar-refractivity contribution in [3.8, 4) is 22.4 Å². The lowest BCUT2D eigenvalue weighted by molar-refractivity contribution is -0.160. The van der Waals surface area contributed by atoms with E-state index in [4.69, 9.17) is 14.6 Å². The Morgan fingerprint density at radius 3 is 2.38 bits per heavy atom. The lowest BCUT2D eigenvalue weighted by Crippen LogP contribution is -2.30. The number of aromatic nitrogens is 3. The van der Waals surface area contributed by atoms with Gasteiger partial charge in [0.1, 0.15) is 12.2 Å². The van der Waals surface area contributed by atoms with Crippen LogP contribution in [0.15, 0.2) is 59.7 Å². The molecule has 1 aliphatic carbocycles. The Kier molecular flexibility index (Phi) is 8.54. The zero-order valence-corrected chi connectivity index (χ0v) is 22.3. The molecule has 0 radical (unpaired) electrons. The van der Waals surface area contributed by atoms with Crippen molar-refractivity contribution >= 4 is 5.97 Å². The third-order valence-electron chi connectivity index (χ3n) is 6.62. The Balaban J connectivity index is 1.41. The van der Waals surface area contributed by atoms with Crippen molar-refractivity contribution in [3.63, 3.8) is 0 Å². The molecular weight excluding hydrogens is 466 g/mol. The second kappa shape index (κ2) is 11.8. The Morgan fingerprint density at radius 1 is 1.00 bits per heavy atom. The normalized spacial score (nSPS) is 17.9. The van der Waals surface area contributed by atoms with E-state index in [1.54, 1.807) is 23.1 Å². The van der Waals surface area contributed by atoms with Crippen molar-refractivity contribution in [1.29, 1.82) is 0 Å². The maximum absolute atomic E-state index is 13.1. The molecule has 0 spiro atoms. The number of aryl methyl sites for hydroxylation is 1. The molecule has 0 N–H and O–H groups in total. The summed E-state index contributed by atoms with van der Waals surface area (Å²) in [7, 11) is 0. The molecule has 0 aliphatic heterocycles. The van der Waals surface area contributed by atoms with Crippen molar-refractivity contribution in [1.82, 2.24) is 14.8 Å². The maximum Gasteiger partial charge on any atom is 0.332 e. The van der Waals surface area contributed by atoms with E-state index < -0.39 is 5.60 Å². The maximum atomic E-state index is 13.1. The van der Waals surface area contributed by atoms with Crippen LogP contribution in [0.3, 0.4) is 0 Å². The number of hydrogen-bond donors (Lipinski definition) is 0. The number of hydrogen-bond acceptors (Lipinski definition) is 6. The van der Waals surface area contributed by atoms with E-state index in [1.807, 2.05) is 64.1 Å². The first-order chi connectivity index (χ1) is 17.7. The van der Waals surface area contributed by atoms with Crippen molar-refractivity contribution in [2.75, 3.05) is 13.2 Å². The molecular formula is C30H37N3O4. The standard InChI is InChI=1S/C30H37N3O4/c1-21-14-25(17-31-16-21)26-15-27(34)33(32-29(26)24-8-6-5-7-9-24)18-22-10-12-23(13-11-22)19-36-20-28(35)37-30(2,3)4/h5-9,14-17,22-23H,10-13,18-20H2,1-4H3/t22-,23-. The van der Waals surface area contributed by atoms with E-state index in [2.05, 4.69) is 4.98 Å². The molecule has 1 aliphatic rings. The Morgan fingerprint density at radius 2 is 1.70 bits per heavy atom. The molecule has 1 aromatic carbocycles. The molecule has 196 valence electrons. The molecule has 3 aromatic rings. The quantitative estimate of drug-likeness (QED) is 0.380. The first-order valence-corrected chi connectivity index (χ1v) is 13.1. The van der Waals surface area contributed by atoms with Crippen LogP contribution in [0.2, 0.25) is 0 Å². The van der Waals surface area contributed by atoms with E-state index in [0.717, 1.165) is 53.6 Å². The minimum absolute atomic E-state index is 0.0123. The third-order valence-corrected chi connectivity index (χ3v) is 6.62. The van der Waals surface area contributed by atoms with Gasteiger partial charge in [0.05, 0.1) is 12.3 Å². The summed E-state index contributed by atoms with van der Waals surface area (Å²) in [6.07, 6.45) is 7.60. The molecule has 0 unspecified atom stereocenters. The van der Waals surface area contributed by atoms with Crippen LogP contribution < -0.4 is 5.56 Å². The highest BCUT2D eigenvalue weighted by Crippen LogP contribution is 2.32. The summed E-state index contributed by atoms with van der Waals surface area (Å²) in [6.45, 7) is 8.68. The van der Waals surface area contributed by atoms with Crippen molar-refractivity contribution in [3.05, 3.63) is 70.8 Å². The second-order valence-electron chi connectivity index (χ2n) is 11.0. The van der Waals surface area contributed by atoms with Crippen LogP contribution in [0.25, 0.3) is 22.4 Å². The molecule has 0 bridgehead atoms. The molecule has 0 atom stereocenters. The summed E-state index contributed by atoms with van der Waals surface area (Å²) < 4.78 is 12.6. The molecule has 0 saturated heterocycles. The van der Waals surface area contributed by atoms with Crippen molar-refractivity contribution in [2.45, 2.75) is 65.5 Å². The zero-order chi connectivity index (χ0) is 26.4. The summed E-state index contributed by atoms with van der Waals surface area (Å²) in [4.78, 5) is 29.3. The van der Waals surface area contributed by atoms with Crippen LogP contribution in [0.4, 0.5) is 0 Å². The molecule has 1 fully saturated rings. The monoisotopic (exact) mass is 503 g/mol. The number of carbonyl (C=O) groups is 1. The molecule has 7 nitrogen and oxygen atoms in total. The van der Waals surface area contributed by atoms with Crippen molar-refractivity contribution < 1.29 is 14.3 Å². The number of rotatable bonds is 8. The number of ether oxygens (including phenoxy) is 2. The largest absolute Gasteiger partial charge is 0.458 e. The highest BCUT2D eigenvalue weighted by Gasteiger charge is 2.24. The Labute approximate surface area is 218 Å². The van der Waals surface area contributed by atoms with Gasteiger partial charge in [-0.3, -0.25) is 9.78 Å². The molecule has 0 amide bonds. The van der Waals surface area contributed by atoms with Crippen LogP contribution in [-0.4, -0.2) is 39.5 Å². The molecule has 1 saturated carbocycles. The summed E-state index contributed by atoms with van der Waals surface area (Å²) >= 11 is 0. The van der Waals surface area contributed by atoms with Gasteiger partial charge in [0.25, 0.3) is 5.56 Å². The highest BCUT2D eigenvalue weighted by atomic mass is 16.6. The van der Waals surface area contributed by atoms with E-state index in [0.29, 0.717) is 25.0 Å². The number of benzene rings is 1. The Bertz CT molecular complexity index is 1260. The fraction of sp³-hybridized carbons (Fsp3) is 0.467. The number of nitrogens with zero attached hydrogens (tertiary/aromatic N) is 3. The van der Waals surface area contributed by atoms with E-state index in [-0.39, 0.29) is 18.1 Å². The van der Waals surface area contributed by atoms with Gasteiger partial charge in [-0.2, -0.15) is 5.10 Å². The first kappa shape index (κ1) is 26.7. The summed E-state index contributed by atoms with van der Waals surface area (Å²) in [5, 5.41) is 4.86. The molecule has 2 heterocycles. The highest BCUT2D eigenvalue weighted by molar-refractivity contribution is 5.80. The van der Waals surface area contributed by atoms with E-state index in [1.165, 1.54) is 0 Å². The van der Waals surface area contributed by atoms with Gasteiger partial charge in [0, 0.05) is 41.7 Å². The van der Waals surface area contributed by atoms with Gasteiger partial charge < -0.3 is 9.47 Å². The summed E-state index contributed by atoms with van der Waals surface area (Å²) in [5.41, 5.74) is 3.89. The SMILES string of the molecule is Cc1cncc(-c2cc(=O)n(C[C@H]3CC[C@H](COCC(=O)OC(C)(C)C)CC3)nc2-c2ccccc2)c1. The third kappa shape index (κ3) is 7.59. The van der Waals surface area contributed by atoms with E-state index >= 15 is 0 Å². The van der Waals surface area contributed by atoms with Gasteiger partial charge in [-0.1, -0.05) is 30.3 Å². The predicted molar refractivity (Wildman–Crippen MR) is 144 cm³/mol. The van der Waals surface area contributed by atoms with Gasteiger partial charge in [-0.05, 0) is 76.8 Å². The van der Waals surface area contributed by atoms with Crippen LogP contribution in [0.5, 0.6) is 0 Å². The fourth-order valence-corrected chi connectivity index (χ4v) is 4.86.